The Morgan fingerprint density at radius 2 is 1.19 bits per heavy atom. The number of benzene rings is 3. The third kappa shape index (κ3) is 3.82. The average molecular weight is 471 g/mol. The number of halogens is 1. The number of fused-ring (bicyclic) bond motifs is 3. The number of hydrogen-bond acceptors (Lipinski definition) is 1. The second-order valence-corrected chi connectivity index (χ2v) is 7.71. The molecule has 0 aliphatic carbocycles. The van der Waals surface area contributed by atoms with Gasteiger partial charge in [0.2, 0.25) is 0 Å². The lowest BCUT2D eigenvalue weighted by Gasteiger charge is -2.41. The van der Waals surface area contributed by atoms with E-state index in [0.29, 0.717) is 0 Å². The Morgan fingerprint density at radius 3 is 1.70 bits per heavy atom. The fraction of sp³-hybridized carbons (Fsp3) is 0.250. The van der Waals surface area contributed by atoms with Crippen LogP contribution in [0, 0.1) is 0 Å². The van der Waals surface area contributed by atoms with Crippen molar-refractivity contribution in [3.8, 4) is 11.1 Å². The van der Waals surface area contributed by atoms with E-state index in [1.807, 2.05) is 30.3 Å². The van der Waals surface area contributed by atoms with Crippen LogP contribution in [0.25, 0.3) is 11.1 Å². The van der Waals surface area contributed by atoms with E-state index in [-0.39, 0.29) is 30.0 Å². The molecule has 0 bridgehead atoms. The van der Waals surface area contributed by atoms with Gasteiger partial charge < -0.3 is 33.6 Å². The van der Waals surface area contributed by atoms with Crippen molar-refractivity contribution in [1.29, 1.82) is 0 Å². The van der Waals surface area contributed by atoms with Gasteiger partial charge in [-0.1, -0.05) is 78.9 Å². The van der Waals surface area contributed by atoms with Crippen LogP contribution in [0.4, 0.5) is 0 Å². The molecule has 1 aliphatic rings. The van der Waals surface area contributed by atoms with E-state index in [2.05, 4.69) is 62.5 Å². The molecular formula is C24H26INO. The predicted molar refractivity (Wildman–Crippen MR) is 106 cm³/mol. The maximum absolute atomic E-state index is 11.1. The van der Waals surface area contributed by atoms with E-state index in [9.17, 15) is 5.11 Å². The maximum Gasteiger partial charge on any atom is 0.130 e. The Hall–Kier alpha value is -1.69. The van der Waals surface area contributed by atoms with Crippen LogP contribution < -0.4 is 24.0 Å². The van der Waals surface area contributed by atoms with Crippen LogP contribution in [0.5, 0.6) is 0 Å². The van der Waals surface area contributed by atoms with E-state index in [0.717, 1.165) is 23.1 Å². The molecule has 2 atom stereocenters. The molecule has 0 radical (unpaired) electrons. The summed E-state index contributed by atoms with van der Waals surface area (Å²) in [6, 6.07) is 27.5. The Morgan fingerprint density at radius 1 is 0.741 bits per heavy atom. The van der Waals surface area contributed by atoms with Crippen molar-refractivity contribution in [3.63, 3.8) is 0 Å². The second-order valence-electron chi connectivity index (χ2n) is 7.71. The largest absolute Gasteiger partial charge is 1.00 e. The number of quaternary nitrogens is 1. The van der Waals surface area contributed by atoms with E-state index in [1.54, 1.807) is 0 Å². The van der Waals surface area contributed by atoms with Gasteiger partial charge >= 0.3 is 0 Å². The van der Waals surface area contributed by atoms with Crippen molar-refractivity contribution in [2.75, 3.05) is 7.05 Å². The van der Waals surface area contributed by atoms with Crippen molar-refractivity contribution in [2.24, 2.45) is 0 Å². The van der Waals surface area contributed by atoms with E-state index in [4.69, 9.17) is 0 Å². The topological polar surface area (TPSA) is 20.2 Å². The number of likely N-dealkylation sites (N-methyl/N-ethyl adjacent to an activating group) is 1. The first-order valence-corrected chi connectivity index (χ1v) is 9.32. The molecule has 3 heteroatoms. The van der Waals surface area contributed by atoms with Crippen LogP contribution >= 0.6 is 0 Å². The molecule has 3 aromatic carbocycles. The summed E-state index contributed by atoms with van der Waals surface area (Å²) in [4.78, 5) is 0. The highest BCUT2D eigenvalue weighted by atomic mass is 127. The van der Waals surface area contributed by atoms with Gasteiger partial charge in [-0.05, 0) is 23.6 Å². The summed E-state index contributed by atoms with van der Waals surface area (Å²) < 4.78 is 0.782. The molecule has 0 amide bonds. The Bertz CT molecular complexity index is 862. The smallest absolute Gasteiger partial charge is 0.130 e. The van der Waals surface area contributed by atoms with Crippen LogP contribution in [0.3, 0.4) is 0 Å². The lowest BCUT2D eigenvalue weighted by molar-refractivity contribution is -0.960. The summed E-state index contributed by atoms with van der Waals surface area (Å²) in [5.41, 5.74) is 6.35. The van der Waals surface area contributed by atoms with Gasteiger partial charge in [-0.15, -0.1) is 0 Å². The molecule has 0 fully saturated rings. The third-order valence-electron chi connectivity index (χ3n) is 5.97. The minimum atomic E-state index is -0.487. The standard InChI is InChI=1S/C24H26NO.HI/c1-18(24(26)19-10-4-3-5-11-19)25(2)16-20-12-6-8-14-22(20)23-15-9-7-13-21(23)17-25;/h3-15,18,24,26H,16-17H2,1-2H3;1H/q+1;/p-1. The Kier molecular flexibility index (Phi) is 6.04. The molecule has 0 spiro atoms. The van der Waals surface area contributed by atoms with Gasteiger partial charge in [0.15, 0.2) is 0 Å². The molecule has 27 heavy (non-hydrogen) atoms. The van der Waals surface area contributed by atoms with Gasteiger partial charge in [-0.25, -0.2) is 0 Å². The number of aliphatic hydroxyl groups is 1. The molecule has 4 rings (SSSR count). The monoisotopic (exact) mass is 471 g/mol. The van der Waals surface area contributed by atoms with Gasteiger partial charge in [0, 0.05) is 11.1 Å². The molecular weight excluding hydrogens is 445 g/mol. The molecule has 3 aromatic rings. The normalized spacial score (nSPS) is 16.9. The van der Waals surface area contributed by atoms with E-state index >= 15 is 0 Å². The quantitative estimate of drug-likeness (QED) is 0.458. The molecule has 0 aromatic heterocycles. The zero-order chi connectivity index (χ0) is 18.1. The van der Waals surface area contributed by atoms with E-state index < -0.39 is 6.10 Å². The molecule has 0 saturated carbocycles. The minimum absolute atomic E-state index is 0. The van der Waals surface area contributed by atoms with Gasteiger partial charge in [0.25, 0.3) is 0 Å². The van der Waals surface area contributed by atoms with Crippen LogP contribution in [0.2, 0.25) is 0 Å². The van der Waals surface area contributed by atoms with Crippen LogP contribution in [0.1, 0.15) is 29.7 Å². The van der Waals surface area contributed by atoms with Crippen molar-refractivity contribution >= 4 is 0 Å². The lowest BCUT2D eigenvalue weighted by Crippen LogP contribution is -3.00. The fourth-order valence-electron chi connectivity index (χ4n) is 4.23. The van der Waals surface area contributed by atoms with Gasteiger partial charge in [0.05, 0.1) is 7.05 Å². The van der Waals surface area contributed by atoms with Crippen LogP contribution in [-0.4, -0.2) is 22.7 Å². The maximum atomic E-state index is 11.1. The Labute approximate surface area is 179 Å². The van der Waals surface area contributed by atoms with Gasteiger partial charge in [-0.2, -0.15) is 0 Å². The first kappa shape index (κ1) is 20.1. The highest BCUT2D eigenvalue weighted by Crippen LogP contribution is 2.38. The van der Waals surface area contributed by atoms with Crippen molar-refractivity contribution in [2.45, 2.75) is 32.2 Å². The summed E-state index contributed by atoms with van der Waals surface area (Å²) in [5.74, 6) is 0. The third-order valence-corrected chi connectivity index (χ3v) is 5.97. The SMILES string of the molecule is CC(C(O)c1ccccc1)[N+]1(C)Cc2ccccc2-c2ccccc2C1.[I-]. The van der Waals surface area contributed by atoms with Crippen LogP contribution in [0.15, 0.2) is 78.9 Å². The number of nitrogens with zero attached hydrogens (tertiary/aromatic N) is 1. The molecule has 1 heterocycles. The molecule has 1 aliphatic heterocycles. The molecule has 1 N–H and O–H groups in total. The summed E-state index contributed by atoms with van der Waals surface area (Å²) in [6.07, 6.45) is -0.487. The summed E-state index contributed by atoms with van der Waals surface area (Å²) in [7, 11) is 2.27. The summed E-state index contributed by atoms with van der Waals surface area (Å²) >= 11 is 0. The molecule has 2 nitrogen and oxygen atoms in total. The van der Waals surface area contributed by atoms with Gasteiger partial charge in [-0.3, -0.25) is 0 Å². The number of hydrogen-bond donors (Lipinski definition) is 1. The summed E-state index contributed by atoms with van der Waals surface area (Å²) in [6.45, 7) is 4.00. The molecule has 0 saturated heterocycles. The number of rotatable bonds is 3. The van der Waals surface area contributed by atoms with Crippen molar-refractivity contribution < 1.29 is 33.6 Å². The lowest BCUT2D eigenvalue weighted by atomic mass is 9.97. The first-order valence-electron chi connectivity index (χ1n) is 9.32. The van der Waals surface area contributed by atoms with Crippen molar-refractivity contribution in [3.05, 3.63) is 95.6 Å². The first-order chi connectivity index (χ1) is 12.6. The zero-order valence-electron chi connectivity index (χ0n) is 15.8. The molecule has 140 valence electrons. The predicted octanol–water partition coefficient (Wildman–Crippen LogP) is 1.94. The zero-order valence-corrected chi connectivity index (χ0v) is 18.0. The highest BCUT2D eigenvalue weighted by molar-refractivity contribution is 5.71. The minimum Gasteiger partial charge on any atom is -1.00 e. The summed E-state index contributed by atoms with van der Waals surface area (Å²) in [5, 5.41) is 11.1. The molecule has 2 unspecified atom stereocenters. The van der Waals surface area contributed by atoms with Crippen LogP contribution in [-0.2, 0) is 13.1 Å². The van der Waals surface area contributed by atoms with Crippen molar-refractivity contribution in [1.82, 2.24) is 0 Å². The second kappa shape index (κ2) is 8.13. The average Bonchev–Trinajstić information content (AvgIpc) is 2.81. The Balaban J connectivity index is 0.00000210. The number of aliphatic hydroxyl groups excluding tert-OH is 1. The highest BCUT2D eigenvalue weighted by Gasteiger charge is 2.38. The van der Waals surface area contributed by atoms with Gasteiger partial charge in [0.1, 0.15) is 25.2 Å². The fourth-order valence-corrected chi connectivity index (χ4v) is 4.23. The van der Waals surface area contributed by atoms with E-state index in [1.165, 1.54) is 22.3 Å².